The summed E-state index contributed by atoms with van der Waals surface area (Å²) < 4.78 is 19.5. The second kappa shape index (κ2) is 7.04. The smallest absolute Gasteiger partial charge is 0.226 e. The van der Waals surface area contributed by atoms with Crippen LogP contribution in [-0.4, -0.2) is 36.5 Å². The molecule has 1 unspecified atom stereocenters. The predicted molar refractivity (Wildman–Crippen MR) is 78.0 cm³/mol. The van der Waals surface area contributed by atoms with E-state index >= 15 is 0 Å². The van der Waals surface area contributed by atoms with Crippen LogP contribution in [0.15, 0.2) is 22.7 Å². The molecule has 1 atom stereocenters. The zero-order valence-electron chi connectivity index (χ0n) is 11.1. The highest BCUT2D eigenvalue weighted by atomic mass is 79.9. The first kappa shape index (κ1) is 15.3. The molecule has 1 aliphatic rings. The van der Waals surface area contributed by atoms with Crippen LogP contribution in [0.3, 0.4) is 0 Å². The number of nitrogens with two attached hydrogens (primary N) is 1. The van der Waals surface area contributed by atoms with E-state index in [0.29, 0.717) is 11.0 Å². The summed E-state index contributed by atoms with van der Waals surface area (Å²) in [5, 5.41) is 0. The van der Waals surface area contributed by atoms with Crippen LogP contribution >= 0.6 is 15.9 Å². The fourth-order valence-corrected chi connectivity index (χ4v) is 2.73. The van der Waals surface area contributed by atoms with Crippen molar-refractivity contribution in [1.29, 1.82) is 0 Å². The minimum absolute atomic E-state index is 0.0236. The molecule has 1 aromatic carbocycles. The molecule has 0 aromatic heterocycles. The summed E-state index contributed by atoms with van der Waals surface area (Å²) in [4.78, 5) is 13.8. The zero-order valence-corrected chi connectivity index (χ0v) is 12.7. The van der Waals surface area contributed by atoms with Crippen molar-refractivity contribution in [2.45, 2.75) is 25.3 Å². The van der Waals surface area contributed by atoms with Crippen molar-refractivity contribution in [1.82, 2.24) is 4.90 Å². The third-order valence-electron chi connectivity index (χ3n) is 3.44. The van der Waals surface area contributed by atoms with E-state index in [1.54, 1.807) is 17.0 Å². The topological polar surface area (TPSA) is 55.6 Å². The molecule has 1 fully saturated rings. The molecule has 6 heteroatoms. The van der Waals surface area contributed by atoms with Gasteiger partial charge in [0.2, 0.25) is 5.91 Å². The first-order valence-electron chi connectivity index (χ1n) is 6.69. The van der Waals surface area contributed by atoms with Crippen LogP contribution in [-0.2, 0) is 4.79 Å². The molecule has 20 heavy (non-hydrogen) atoms. The number of ether oxygens (including phenoxy) is 1. The number of rotatable bonds is 5. The summed E-state index contributed by atoms with van der Waals surface area (Å²) in [5.41, 5.74) is 5.64. The highest BCUT2D eigenvalue weighted by Crippen LogP contribution is 2.22. The van der Waals surface area contributed by atoms with Gasteiger partial charge in [-0.05, 0) is 31.0 Å². The van der Waals surface area contributed by atoms with Gasteiger partial charge in [-0.1, -0.05) is 15.9 Å². The summed E-state index contributed by atoms with van der Waals surface area (Å²) in [7, 11) is 0. The highest BCUT2D eigenvalue weighted by molar-refractivity contribution is 9.10. The van der Waals surface area contributed by atoms with Crippen LogP contribution in [0, 0.1) is 5.82 Å². The van der Waals surface area contributed by atoms with E-state index in [9.17, 15) is 9.18 Å². The first-order chi connectivity index (χ1) is 9.61. The summed E-state index contributed by atoms with van der Waals surface area (Å²) >= 11 is 3.18. The molecule has 110 valence electrons. The highest BCUT2D eigenvalue weighted by Gasteiger charge is 2.27. The molecule has 1 amide bonds. The second-order valence-corrected chi connectivity index (χ2v) is 5.71. The number of amides is 1. The van der Waals surface area contributed by atoms with Gasteiger partial charge in [0, 0.05) is 23.6 Å². The molecule has 1 aliphatic heterocycles. The summed E-state index contributed by atoms with van der Waals surface area (Å²) in [5.74, 6) is -0.249. The molecule has 1 saturated heterocycles. The Morgan fingerprint density at radius 3 is 3.05 bits per heavy atom. The normalized spacial score (nSPS) is 18.4. The molecule has 4 nitrogen and oxygen atoms in total. The zero-order chi connectivity index (χ0) is 14.5. The van der Waals surface area contributed by atoms with Crippen molar-refractivity contribution < 1.29 is 13.9 Å². The van der Waals surface area contributed by atoms with Gasteiger partial charge in [0.25, 0.3) is 0 Å². The fourth-order valence-electron chi connectivity index (χ4n) is 2.39. The third-order valence-corrected chi connectivity index (χ3v) is 3.93. The van der Waals surface area contributed by atoms with E-state index in [2.05, 4.69) is 15.9 Å². The Balaban J connectivity index is 1.82. The average Bonchev–Trinajstić information content (AvgIpc) is 2.89. The van der Waals surface area contributed by atoms with Gasteiger partial charge in [-0.25, -0.2) is 4.39 Å². The van der Waals surface area contributed by atoms with E-state index in [0.717, 1.165) is 19.4 Å². The molecule has 0 spiro atoms. The number of hydrogen-bond acceptors (Lipinski definition) is 3. The maximum absolute atomic E-state index is 13.5. The average molecular weight is 345 g/mol. The van der Waals surface area contributed by atoms with E-state index in [4.69, 9.17) is 10.5 Å². The molecule has 2 N–H and O–H groups in total. The minimum Gasteiger partial charge on any atom is -0.490 e. The SMILES string of the molecule is NCC1CCCN1C(=O)CCOc1ccc(Br)cc1F. The van der Waals surface area contributed by atoms with Crippen molar-refractivity contribution in [2.24, 2.45) is 5.73 Å². The quantitative estimate of drug-likeness (QED) is 0.891. The number of likely N-dealkylation sites (tertiary alicyclic amines) is 1. The molecule has 0 bridgehead atoms. The molecule has 2 rings (SSSR count). The van der Waals surface area contributed by atoms with Gasteiger partial charge in [-0.15, -0.1) is 0 Å². The van der Waals surface area contributed by atoms with E-state index < -0.39 is 5.82 Å². The van der Waals surface area contributed by atoms with E-state index in [-0.39, 0.29) is 30.7 Å². The maximum Gasteiger partial charge on any atom is 0.226 e. The Labute approximate surface area is 126 Å². The fraction of sp³-hybridized carbons (Fsp3) is 0.500. The van der Waals surface area contributed by atoms with Gasteiger partial charge in [0.15, 0.2) is 11.6 Å². The molecule has 0 aliphatic carbocycles. The van der Waals surface area contributed by atoms with Crippen LogP contribution in [0.25, 0.3) is 0 Å². The Hall–Kier alpha value is -1.14. The molecule has 1 heterocycles. The van der Waals surface area contributed by atoms with Crippen LogP contribution in [0.1, 0.15) is 19.3 Å². The van der Waals surface area contributed by atoms with Crippen molar-refractivity contribution in [3.05, 3.63) is 28.5 Å². The van der Waals surface area contributed by atoms with Crippen LogP contribution in [0.2, 0.25) is 0 Å². The number of halogens is 2. The second-order valence-electron chi connectivity index (χ2n) is 4.79. The maximum atomic E-state index is 13.5. The van der Waals surface area contributed by atoms with Crippen molar-refractivity contribution in [2.75, 3.05) is 19.7 Å². The van der Waals surface area contributed by atoms with Gasteiger partial charge >= 0.3 is 0 Å². The Bertz CT molecular complexity index is 484. The standard InChI is InChI=1S/C14H18BrFN2O2/c15-10-3-4-13(12(16)8-10)20-7-5-14(19)18-6-1-2-11(18)9-17/h3-4,8,11H,1-2,5-7,9,17H2. The largest absolute Gasteiger partial charge is 0.490 e. The number of carbonyl (C=O) groups excluding carboxylic acids is 1. The summed E-state index contributed by atoms with van der Waals surface area (Å²) in [6.45, 7) is 1.42. The van der Waals surface area contributed by atoms with Gasteiger partial charge in [-0.3, -0.25) is 4.79 Å². The Morgan fingerprint density at radius 2 is 2.35 bits per heavy atom. The number of carbonyl (C=O) groups is 1. The molecule has 0 saturated carbocycles. The van der Waals surface area contributed by atoms with Gasteiger partial charge < -0.3 is 15.4 Å². The first-order valence-corrected chi connectivity index (χ1v) is 7.48. The minimum atomic E-state index is -0.437. The summed E-state index contributed by atoms with van der Waals surface area (Å²) in [6, 6.07) is 4.72. The van der Waals surface area contributed by atoms with Gasteiger partial charge in [-0.2, -0.15) is 0 Å². The summed E-state index contributed by atoms with van der Waals surface area (Å²) in [6.07, 6.45) is 2.20. The van der Waals surface area contributed by atoms with Crippen LogP contribution < -0.4 is 10.5 Å². The molecular weight excluding hydrogens is 327 g/mol. The molecule has 1 aromatic rings. The molecule has 0 radical (unpaired) electrons. The lowest BCUT2D eigenvalue weighted by Crippen LogP contribution is -2.40. The number of nitrogens with zero attached hydrogens (tertiary/aromatic N) is 1. The molecular formula is C14H18BrFN2O2. The number of hydrogen-bond donors (Lipinski definition) is 1. The lowest BCUT2D eigenvalue weighted by Gasteiger charge is -2.23. The Kier molecular flexibility index (Phi) is 5.37. The monoisotopic (exact) mass is 344 g/mol. The number of benzene rings is 1. The van der Waals surface area contributed by atoms with Gasteiger partial charge in [0.1, 0.15) is 0 Å². The van der Waals surface area contributed by atoms with Crippen LogP contribution in [0.5, 0.6) is 5.75 Å². The van der Waals surface area contributed by atoms with Crippen LogP contribution in [0.4, 0.5) is 4.39 Å². The third kappa shape index (κ3) is 3.70. The lowest BCUT2D eigenvalue weighted by molar-refractivity contribution is -0.132. The van der Waals surface area contributed by atoms with Crippen molar-refractivity contribution in [3.63, 3.8) is 0 Å². The van der Waals surface area contributed by atoms with E-state index in [1.807, 2.05) is 0 Å². The van der Waals surface area contributed by atoms with E-state index in [1.165, 1.54) is 6.07 Å². The van der Waals surface area contributed by atoms with Crippen molar-refractivity contribution in [3.8, 4) is 5.75 Å². The van der Waals surface area contributed by atoms with Gasteiger partial charge in [0.05, 0.1) is 13.0 Å². The predicted octanol–water partition coefficient (Wildman–Crippen LogP) is 2.31. The Morgan fingerprint density at radius 1 is 1.55 bits per heavy atom. The van der Waals surface area contributed by atoms with Crippen molar-refractivity contribution >= 4 is 21.8 Å². The lowest BCUT2D eigenvalue weighted by atomic mass is 10.2.